The third-order valence-corrected chi connectivity index (χ3v) is 6.80. The van der Waals surface area contributed by atoms with E-state index in [1.807, 2.05) is 11.0 Å². The largest absolute Gasteiger partial charge is 0.362 e. The molecular formula is C29H30N4O. The van der Waals surface area contributed by atoms with Crippen molar-refractivity contribution in [3.05, 3.63) is 95.7 Å². The molecule has 172 valence electrons. The van der Waals surface area contributed by atoms with Crippen molar-refractivity contribution in [2.24, 2.45) is 0 Å². The third kappa shape index (κ3) is 4.51. The lowest BCUT2D eigenvalue weighted by molar-refractivity contribution is 0.146. The van der Waals surface area contributed by atoms with E-state index in [0.29, 0.717) is 5.69 Å². The Morgan fingerprint density at radius 3 is 2.32 bits per heavy atom. The lowest BCUT2D eigenvalue weighted by Crippen LogP contribution is -2.47. The number of likely N-dealkylation sites (tertiary alicyclic amines) is 1. The number of rotatable bonds is 4. The second-order valence-corrected chi connectivity index (χ2v) is 9.18. The Kier molecular flexibility index (Phi) is 6.26. The van der Waals surface area contributed by atoms with E-state index in [1.54, 1.807) is 6.20 Å². The van der Waals surface area contributed by atoms with Crippen LogP contribution in [0.1, 0.15) is 36.0 Å². The highest BCUT2D eigenvalue weighted by molar-refractivity contribution is 5.77. The Morgan fingerprint density at radius 1 is 0.882 bits per heavy atom. The van der Waals surface area contributed by atoms with Crippen LogP contribution in [0.15, 0.2) is 79.0 Å². The van der Waals surface area contributed by atoms with Crippen LogP contribution < -0.4 is 0 Å². The Balaban J connectivity index is 1.34. The number of benzene rings is 3. The third-order valence-electron chi connectivity index (χ3n) is 6.80. The summed E-state index contributed by atoms with van der Waals surface area (Å²) in [6, 6.07) is 25.1. The topological polar surface area (TPSA) is 51.0 Å². The first-order valence-electron chi connectivity index (χ1n) is 12.0. The van der Waals surface area contributed by atoms with Crippen LogP contribution >= 0.6 is 0 Å². The van der Waals surface area contributed by atoms with Crippen LogP contribution in [0.3, 0.4) is 0 Å². The molecule has 1 amide bonds. The number of nitrogens with zero attached hydrogens (tertiary/aromatic N) is 4. The van der Waals surface area contributed by atoms with Gasteiger partial charge in [0.1, 0.15) is 5.69 Å². The number of aryl methyl sites for hydroxylation is 2. The molecule has 1 aliphatic heterocycles. The maximum absolute atomic E-state index is 13.3. The van der Waals surface area contributed by atoms with Crippen LogP contribution in [0.5, 0.6) is 0 Å². The summed E-state index contributed by atoms with van der Waals surface area (Å²) in [5.74, 6) is 0. The van der Waals surface area contributed by atoms with Gasteiger partial charge in [0.2, 0.25) is 0 Å². The van der Waals surface area contributed by atoms with Gasteiger partial charge in [0.05, 0.1) is 6.20 Å². The van der Waals surface area contributed by atoms with Crippen molar-refractivity contribution >= 4 is 6.03 Å². The fourth-order valence-electron chi connectivity index (χ4n) is 5.03. The summed E-state index contributed by atoms with van der Waals surface area (Å²) in [6.07, 6.45) is 5.72. The first-order chi connectivity index (χ1) is 16.6. The molecule has 0 bridgehead atoms. The number of piperidine rings is 1. The van der Waals surface area contributed by atoms with Crippen molar-refractivity contribution < 1.29 is 4.79 Å². The molecule has 2 heterocycles. The van der Waals surface area contributed by atoms with Crippen molar-refractivity contribution in [3.8, 4) is 22.4 Å². The minimum Gasteiger partial charge on any atom is -0.318 e. The van der Waals surface area contributed by atoms with Crippen molar-refractivity contribution in [1.82, 2.24) is 19.9 Å². The van der Waals surface area contributed by atoms with E-state index in [9.17, 15) is 4.79 Å². The minimum absolute atomic E-state index is 0.140. The van der Waals surface area contributed by atoms with Gasteiger partial charge in [-0.05, 0) is 67.3 Å². The van der Waals surface area contributed by atoms with Crippen molar-refractivity contribution in [2.75, 3.05) is 6.54 Å². The molecule has 1 saturated heterocycles. The first-order valence-corrected chi connectivity index (χ1v) is 12.0. The Labute approximate surface area is 201 Å². The van der Waals surface area contributed by atoms with Gasteiger partial charge >= 0.3 is 6.03 Å². The minimum atomic E-state index is -0.140. The fraction of sp³-hybridized carbons (Fsp3) is 0.276. The molecular weight excluding hydrogens is 420 g/mol. The van der Waals surface area contributed by atoms with Crippen molar-refractivity contribution in [1.29, 1.82) is 0 Å². The van der Waals surface area contributed by atoms with Crippen LogP contribution in [-0.2, 0) is 6.42 Å². The monoisotopic (exact) mass is 450 g/mol. The van der Waals surface area contributed by atoms with Gasteiger partial charge in [-0.1, -0.05) is 77.6 Å². The lowest BCUT2D eigenvalue weighted by Gasteiger charge is -2.35. The van der Waals surface area contributed by atoms with Crippen LogP contribution in [0.4, 0.5) is 4.79 Å². The summed E-state index contributed by atoms with van der Waals surface area (Å²) in [7, 11) is 0. The highest BCUT2D eigenvalue weighted by Gasteiger charge is 2.29. The summed E-state index contributed by atoms with van der Waals surface area (Å²) >= 11 is 0. The zero-order chi connectivity index (χ0) is 23.5. The molecule has 0 saturated carbocycles. The molecule has 0 N–H and O–H groups in total. The Hall–Kier alpha value is -3.73. The van der Waals surface area contributed by atoms with E-state index in [-0.39, 0.29) is 12.1 Å². The molecule has 1 atom stereocenters. The average molecular weight is 451 g/mol. The zero-order valence-corrected chi connectivity index (χ0v) is 19.8. The Bertz CT molecular complexity index is 1260. The molecule has 1 aromatic heterocycles. The molecule has 1 unspecified atom stereocenters. The number of hydrogen-bond acceptors (Lipinski definition) is 3. The summed E-state index contributed by atoms with van der Waals surface area (Å²) in [5.41, 5.74) is 7.88. The maximum Gasteiger partial charge on any atom is 0.362 e. The molecule has 1 aliphatic rings. The van der Waals surface area contributed by atoms with Gasteiger partial charge in [0.25, 0.3) is 0 Å². The standard InChI is InChI=1S/C29H30N4O/c1-21-9-8-10-22(2)28(21)25-16-14-24(15-17-25)27-20-30-33(31-27)29(34)32-18-7-6-13-26(32)19-23-11-4-3-5-12-23/h3-5,8-12,14-17,20,26H,6-7,13,18-19H2,1-2H3. The maximum atomic E-state index is 13.3. The predicted molar refractivity (Wildman–Crippen MR) is 136 cm³/mol. The second kappa shape index (κ2) is 9.64. The molecule has 4 aromatic rings. The predicted octanol–water partition coefficient (Wildman–Crippen LogP) is 6.29. The summed E-state index contributed by atoms with van der Waals surface area (Å²) < 4.78 is 0. The summed E-state index contributed by atoms with van der Waals surface area (Å²) in [5, 5.41) is 8.88. The molecule has 34 heavy (non-hydrogen) atoms. The van der Waals surface area contributed by atoms with Gasteiger partial charge in [-0.3, -0.25) is 0 Å². The summed E-state index contributed by atoms with van der Waals surface area (Å²) in [4.78, 5) is 16.5. The highest BCUT2D eigenvalue weighted by Crippen LogP contribution is 2.29. The van der Waals surface area contributed by atoms with E-state index in [2.05, 4.69) is 90.8 Å². The summed E-state index contributed by atoms with van der Waals surface area (Å²) in [6.45, 7) is 5.02. The Morgan fingerprint density at radius 2 is 1.59 bits per heavy atom. The van der Waals surface area contributed by atoms with E-state index in [4.69, 9.17) is 0 Å². The molecule has 5 heteroatoms. The zero-order valence-electron chi connectivity index (χ0n) is 19.8. The van der Waals surface area contributed by atoms with Gasteiger partial charge in [0.15, 0.2) is 0 Å². The average Bonchev–Trinajstić information content (AvgIpc) is 3.35. The van der Waals surface area contributed by atoms with Crippen molar-refractivity contribution in [2.45, 2.75) is 45.6 Å². The van der Waals surface area contributed by atoms with Gasteiger partial charge in [-0.2, -0.15) is 5.10 Å². The van der Waals surface area contributed by atoms with Gasteiger partial charge in [0, 0.05) is 18.2 Å². The second-order valence-electron chi connectivity index (χ2n) is 9.18. The normalized spacial score (nSPS) is 15.9. The number of hydrogen-bond donors (Lipinski definition) is 0. The van der Waals surface area contributed by atoms with E-state index < -0.39 is 0 Å². The molecule has 0 spiro atoms. The quantitative estimate of drug-likeness (QED) is 0.367. The van der Waals surface area contributed by atoms with E-state index >= 15 is 0 Å². The van der Waals surface area contributed by atoms with E-state index in [1.165, 1.54) is 32.6 Å². The van der Waals surface area contributed by atoms with Gasteiger partial charge in [-0.15, -0.1) is 5.10 Å². The number of amides is 1. The van der Waals surface area contributed by atoms with Crippen LogP contribution in [0.25, 0.3) is 22.4 Å². The van der Waals surface area contributed by atoms with Crippen LogP contribution in [0, 0.1) is 13.8 Å². The molecule has 5 rings (SSSR count). The molecule has 5 nitrogen and oxygen atoms in total. The van der Waals surface area contributed by atoms with Crippen LogP contribution in [-0.4, -0.2) is 38.5 Å². The van der Waals surface area contributed by atoms with Crippen LogP contribution in [0.2, 0.25) is 0 Å². The number of carbonyl (C=O) groups excluding carboxylic acids is 1. The van der Waals surface area contributed by atoms with Crippen molar-refractivity contribution in [3.63, 3.8) is 0 Å². The first kappa shape index (κ1) is 22.1. The van der Waals surface area contributed by atoms with E-state index in [0.717, 1.165) is 37.8 Å². The molecule has 3 aromatic carbocycles. The number of aromatic nitrogens is 3. The fourth-order valence-corrected chi connectivity index (χ4v) is 5.03. The van der Waals surface area contributed by atoms with Gasteiger partial charge in [-0.25, -0.2) is 4.79 Å². The highest BCUT2D eigenvalue weighted by atomic mass is 16.2. The molecule has 0 aliphatic carbocycles. The molecule has 1 fully saturated rings. The van der Waals surface area contributed by atoms with Gasteiger partial charge < -0.3 is 4.90 Å². The lowest BCUT2D eigenvalue weighted by atomic mass is 9.95. The SMILES string of the molecule is Cc1cccc(C)c1-c1ccc(-c2cnn(C(=O)N3CCCCC3Cc3ccccc3)n2)cc1. The number of carbonyl (C=O) groups is 1. The smallest absolute Gasteiger partial charge is 0.318 e. The molecule has 0 radical (unpaired) electrons.